The van der Waals surface area contributed by atoms with Crippen LogP contribution in [0.4, 0.5) is 18.0 Å². The number of amides is 2. The molecule has 2 amide bonds. The molecule has 0 aliphatic carbocycles. The van der Waals surface area contributed by atoms with Crippen molar-refractivity contribution in [2.75, 3.05) is 0 Å². The number of urea groups is 1. The van der Waals surface area contributed by atoms with Crippen LogP contribution in [-0.2, 0) is 6.42 Å². The van der Waals surface area contributed by atoms with Gasteiger partial charge in [0.1, 0.15) is 12.1 Å². The van der Waals surface area contributed by atoms with Crippen LogP contribution in [-0.4, -0.2) is 37.8 Å². The molecule has 0 radical (unpaired) electrons. The highest BCUT2D eigenvalue weighted by Crippen LogP contribution is 2.26. The lowest BCUT2D eigenvalue weighted by Gasteiger charge is -2.16. The van der Waals surface area contributed by atoms with E-state index < -0.39 is 6.36 Å². The fourth-order valence-corrected chi connectivity index (χ4v) is 5.89. The molecule has 3 aromatic carbocycles. The van der Waals surface area contributed by atoms with Crippen LogP contribution in [0.2, 0.25) is 0 Å². The second-order valence-corrected chi connectivity index (χ2v) is 12.3. The Morgan fingerprint density at radius 3 is 2.41 bits per heavy atom. The molecule has 240 valence electrons. The van der Waals surface area contributed by atoms with Crippen molar-refractivity contribution in [1.29, 1.82) is 0 Å². The number of thiazole rings is 1. The molecule has 12 heteroatoms. The van der Waals surface area contributed by atoms with Gasteiger partial charge in [-0.2, -0.15) is 4.99 Å². The van der Waals surface area contributed by atoms with Crippen LogP contribution < -0.4 is 14.9 Å². The second kappa shape index (κ2) is 13.7. The van der Waals surface area contributed by atoms with E-state index in [9.17, 15) is 18.0 Å². The average Bonchev–Trinajstić information content (AvgIpc) is 3.63. The van der Waals surface area contributed by atoms with Crippen molar-refractivity contribution in [2.45, 2.75) is 65.8 Å². The van der Waals surface area contributed by atoms with E-state index in [2.05, 4.69) is 68.7 Å². The summed E-state index contributed by atoms with van der Waals surface area (Å²) >= 11 is 1.45. The third-order valence-corrected chi connectivity index (χ3v) is 8.34. The van der Waals surface area contributed by atoms with Gasteiger partial charge in [-0.25, -0.2) is 14.5 Å². The molecule has 0 saturated heterocycles. The zero-order chi connectivity index (χ0) is 33.0. The first-order chi connectivity index (χ1) is 21.9. The predicted molar refractivity (Wildman–Crippen MR) is 173 cm³/mol. The molecule has 1 atom stereocenters. The molecule has 0 fully saturated rings. The normalized spacial score (nSPS) is 12.8. The number of halogens is 3. The molecule has 2 aromatic heterocycles. The number of carbonyl (C=O) groups is 1. The summed E-state index contributed by atoms with van der Waals surface area (Å²) < 4.78 is 44.7. The van der Waals surface area contributed by atoms with Crippen LogP contribution in [0.1, 0.15) is 55.5 Å². The van der Waals surface area contributed by atoms with Crippen molar-refractivity contribution in [3.05, 3.63) is 106 Å². The number of nitrogens with zero attached hydrogens (tertiary/aromatic N) is 5. The van der Waals surface area contributed by atoms with Gasteiger partial charge in [0.25, 0.3) is 0 Å². The molecule has 5 aromatic rings. The summed E-state index contributed by atoms with van der Waals surface area (Å²) in [4.78, 5) is 22.3. The second-order valence-electron chi connectivity index (χ2n) is 11.5. The Balaban J connectivity index is 1.19. The Hall–Kier alpha value is -4.71. The highest BCUT2D eigenvalue weighted by atomic mass is 32.1. The summed E-state index contributed by atoms with van der Waals surface area (Å²) in [6.07, 6.45) is -1.78. The number of benzene rings is 3. The minimum Gasteiger partial charge on any atom is -0.406 e. The quantitative estimate of drug-likeness (QED) is 0.175. The van der Waals surface area contributed by atoms with E-state index in [0.29, 0.717) is 22.2 Å². The Labute approximate surface area is 269 Å². The maximum Gasteiger partial charge on any atom is 0.573 e. The Kier molecular flexibility index (Phi) is 9.76. The topological polar surface area (TPSA) is 86.3 Å². The molecule has 0 aliphatic rings. The standard InChI is InChI=1S/C34H35F3N6O2S/c1-21(2)29-17-6-22(3)18-30(29)43-24(5)19-46-33(43)40-32(44)39-23(4)7-8-25-9-11-26(12-10-25)31-38-20-42(41-31)27-13-15-28(16-14-27)45-34(35,36)37/h6,9-21,23H,7-8H2,1-5H3,(H,39,44)/b40-33-. The highest BCUT2D eigenvalue weighted by molar-refractivity contribution is 7.07. The van der Waals surface area contributed by atoms with Gasteiger partial charge in [0, 0.05) is 22.7 Å². The summed E-state index contributed by atoms with van der Waals surface area (Å²) in [6, 6.07) is 19.1. The van der Waals surface area contributed by atoms with Crippen molar-refractivity contribution in [1.82, 2.24) is 24.6 Å². The summed E-state index contributed by atoms with van der Waals surface area (Å²) in [6.45, 7) is 10.4. The van der Waals surface area contributed by atoms with Crippen molar-refractivity contribution in [3.63, 3.8) is 0 Å². The maximum atomic E-state index is 12.9. The van der Waals surface area contributed by atoms with Gasteiger partial charge in [0.15, 0.2) is 10.6 Å². The predicted octanol–water partition coefficient (Wildman–Crippen LogP) is 8.06. The van der Waals surface area contributed by atoms with Crippen LogP contribution in [0, 0.1) is 13.8 Å². The fraction of sp³-hybridized carbons (Fsp3) is 0.294. The van der Waals surface area contributed by atoms with Crippen LogP contribution in [0.3, 0.4) is 0 Å². The first-order valence-corrected chi connectivity index (χ1v) is 15.7. The lowest BCUT2D eigenvalue weighted by molar-refractivity contribution is -0.274. The molecule has 0 aliphatic heterocycles. The van der Waals surface area contributed by atoms with E-state index >= 15 is 0 Å². The van der Waals surface area contributed by atoms with E-state index in [1.54, 1.807) is 0 Å². The van der Waals surface area contributed by atoms with Crippen molar-refractivity contribution in [3.8, 4) is 28.5 Å². The van der Waals surface area contributed by atoms with Gasteiger partial charge in [0.05, 0.1) is 11.4 Å². The number of nitrogens with one attached hydrogen (secondary N) is 1. The third kappa shape index (κ3) is 8.11. The average molecular weight is 649 g/mol. The fourth-order valence-electron chi connectivity index (χ4n) is 5.03. The lowest BCUT2D eigenvalue weighted by atomic mass is 9.99. The highest BCUT2D eigenvalue weighted by Gasteiger charge is 2.31. The largest absolute Gasteiger partial charge is 0.573 e. The minimum absolute atomic E-state index is 0.0964. The first-order valence-electron chi connectivity index (χ1n) is 14.9. The van der Waals surface area contributed by atoms with Crippen molar-refractivity contribution < 1.29 is 22.7 Å². The number of carbonyl (C=O) groups excluding carboxylic acids is 1. The molecule has 2 heterocycles. The smallest absolute Gasteiger partial charge is 0.406 e. The Morgan fingerprint density at radius 1 is 1.02 bits per heavy atom. The minimum atomic E-state index is -4.75. The van der Waals surface area contributed by atoms with E-state index in [1.807, 2.05) is 43.5 Å². The molecule has 1 unspecified atom stereocenters. The number of rotatable bonds is 9. The third-order valence-electron chi connectivity index (χ3n) is 7.40. The van der Waals surface area contributed by atoms with Crippen LogP contribution in [0.25, 0.3) is 22.8 Å². The number of hydrogen-bond donors (Lipinski definition) is 1. The van der Waals surface area contributed by atoms with Gasteiger partial charge in [-0.3, -0.25) is 4.57 Å². The first kappa shape index (κ1) is 32.7. The molecule has 46 heavy (non-hydrogen) atoms. The molecule has 0 saturated carbocycles. The number of hydrogen-bond acceptors (Lipinski definition) is 5. The Morgan fingerprint density at radius 2 is 1.74 bits per heavy atom. The molecular formula is C34H35F3N6O2S. The van der Waals surface area contributed by atoms with E-state index in [4.69, 9.17) is 0 Å². The summed E-state index contributed by atoms with van der Waals surface area (Å²) in [5.41, 5.74) is 6.86. The van der Waals surface area contributed by atoms with E-state index in [1.165, 1.54) is 52.2 Å². The zero-order valence-electron chi connectivity index (χ0n) is 26.2. The van der Waals surface area contributed by atoms with Gasteiger partial charge in [-0.1, -0.05) is 50.2 Å². The van der Waals surface area contributed by atoms with Gasteiger partial charge in [-0.15, -0.1) is 29.6 Å². The summed E-state index contributed by atoms with van der Waals surface area (Å²) in [5.74, 6) is 0.499. The monoisotopic (exact) mass is 648 g/mol. The molecular weight excluding hydrogens is 613 g/mol. The van der Waals surface area contributed by atoms with Crippen molar-refractivity contribution in [2.24, 2.45) is 4.99 Å². The molecule has 1 N–H and O–H groups in total. The van der Waals surface area contributed by atoms with Crippen LogP contribution in [0.5, 0.6) is 5.75 Å². The van der Waals surface area contributed by atoms with E-state index in [-0.39, 0.29) is 17.8 Å². The molecule has 5 rings (SSSR count). The van der Waals surface area contributed by atoms with E-state index in [0.717, 1.165) is 40.9 Å². The SMILES string of the molecule is Cc1ccc(C(C)C)c(-n2c(C)cs/c2=N\C(=O)NC(C)CCc2ccc(-c3ncn(-c4ccc(OC(F)(F)F)cc4)n3)cc2)c1. The van der Waals surface area contributed by atoms with Crippen molar-refractivity contribution >= 4 is 17.4 Å². The van der Waals surface area contributed by atoms with Gasteiger partial charge >= 0.3 is 12.4 Å². The summed E-state index contributed by atoms with van der Waals surface area (Å²) in [5, 5.41) is 9.47. The number of ether oxygens (including phenoxy) is 1. The maximum absolute atomic E-state index is 12.9. The van der Waals surface area contributed by atoms with Gasteiger partial charge < -0.3 is 10.1 Å². The molecule has 8 nitrogen and oxygen atoms in total. The number of aromatic nitrogens is 4. The molecule has 0 spiro atoms. The zero-order valence-corrected chi connectivity index (χ0v) is 27.0. The van der Waals surface area contributed by atoms with Crippen LogP contribution in [0.15, 0.2) is 83.4 Å². The van der Waals surface area contributed by atoms with Crippen LogP contribution >= 0.6 is 11.3 Å². The van der Waals surface area contributed by atoms with Gasteiger partial charge in [0.2, 0.25) is 0 Å². The summed E-state index contributed by atoms with van der Waals surface area (Å²) in [7, 11) is 0. The number of aryl methyl sites for hydroxylation is 3. The Bertz CT molecular complexity index is 1870. The number of alkyl halides is 3. The lowest BCUT2D eigenvalue weighted by Crippen LogP contribution is -2.32. The van der Waals surface area contributed by atoms with Gasteiger partial charge in [-0.05, 0) is 86.6 Å². The molecule has 0 bridgehead atoms.